The second-order valence-corrected chi connectivity index (χ2v) is 6.86. The van der Waals surface area contributed by atoms with Gasteiger partial charge in [0, 0.05) is 19.1 Å². The Labute approximate surface area is 129 Å². The molecular weight excluding hydrogens is 260 g/mol. The third kappa shape index (κ3) is 4.80. The molecule has 0 aliphatic heterocycles. The minimum Gasteiger partial charge on any atom is -0.394 e. The SMILES string of the molecule is CC(C)NC(CO)(CCN(C)CC1CC1)c1ccccc1. The number of nitrogens with zero attached hydrogens (tertiary/aromatic N) is 1. The molecule has 3 heteroatoms. The summed E-state index contributed by atoms with van der Waals surface area (Å²) >= 11 is 0. The van der Waals surface area contributed by atoms with E-state index in [4.69, 9.17) is 0 Å². The minimum absolute atomic E-state index is 0.131. The monoisotopic (exact) mass is 290 g/mol. The van der Waals surface area contributed by atoms with Gasteiger partial charge in [-0.05, 0) is 51.6 Å². The summed E-state index contributed by atoms with van der Waals surface area (Å²) in [5.41, 5.74) is 0.841. The van der Waals surface area contributed by atoms with Gasteiger partial charge in [0.2, 0.25) is 0 Å². The number of nitrogens with one attached hydrogen (secondary N) is 1. The molecule has 0 saturated heterocycles. The summed E-state index contributed by atoms with van der Waals surface area (Å²) in [5.74, 6) is 0.910. The fourth-order valence-corrected chi connectivity index (χ4v) is 3.04. The normalized spacial score (nSPS) is 18.2. The molecule has 1 saturated carbocycles. The van der Waals surface area contributed by atoms with E-state index in [9.17, 15) is 5.11 Å². The van der Waals surface area contributed by atoms with E-state index >= 15 is 0 Å². The highest BCUT2D eigenvalue weighted by Crippen LogP contribution is 2.30. The van der Waals surface area contributed by atoms with Gasteiger partial charge in [0.15, 0.2) is 0 Å². The van der Waals surface area contributed by atoms with Crippen LogP contribution in [0.2, 0.25) is 0 Å². The highest BCUT2D eigenvalue weighted by atomic mass is 16.3. The van der Waals surface area contributed by atoms with Gasteiger partial charge in [-0.25, -0.2) is 0 Å². The lowest BCUT2D eigenvalue weighted by Gasteiger charge is -2.37. The Morgan fingerprint density at radius 1 is 1.29 bits per heavy atom. The van der Waals surface area contributed by atoms with Crippen LogP contribution in [-0.4, -0.2) is 42.8 Å². The summed E-state index contributed by atoms with van der Waals surface area (Å²) in [6.07, 6.45) is 3.70. The Balaban J connectivity index is 2.06. The third-order valence-corrected chi connectivity index (χ3v) is 4.35. The van der Waals surface area contributed by atoms with Crippen LogP contribution in [0, 0.1) is 5.92 Å². The number of hydrogen-bond donors (Lipinski definition) is 2. The van der Waals surface area contributed by atoms with Crippen molar-refractivity contribution in [1.82, 2.24) is 10.2 Å². The highest BCUT2D eigenvalue weighted by molar-refractivity contribution is 5.25. The van der Waals surface area contributed by atoms with Crippen LogP contribution in [0.5, 0.6) is 0 Å². The van der Waals surface area contributed by atoms with Gasteiger partial charge in [0.1, 0.15) is 0 Å². The van der Waals surface area contributed by atoms with Crippen molar-refractivity contribution in [3.8, 4) is 0 Å². The summed E-state index contributed by atoms with van der Waals surface area (Å²) in [6.45, 7) is 6.61. The summed E-state index contributed by atoms with van der Waals surface area (Å²) < 4.78 is 0. The van der Waals surface area contributed by atoms with E-state index in [1.807, 2.05) is 6.07 Å². The zero-order valence-corrected chi connectivity index (χ0v) is 13.7. The van der Waals surface area contributed by atoms with Crippen LogP contribution in [0.3, 0.4) is 0 Å². The fraction of sp³-hybridized carbons (Fsp3) is 0.667. The van der Waals surface area contributed by atoms with E-state index < -0.39 is 0 Å². The maximum Gasteiger partial charge on any atom is 0.0683 e. The number of aliphatic hydroxyl groups excluding tert-OH is 1. The van der Waals surface area contributed by atoms with Gasteiger partial charge in [0.05, 0.1) is 12.1 Å². The lowest BCUT2D eigenvalue weighted by atomic mass is 9.86. The molecule has 21 heavy (non-hydrogen) atoms. The molecule has 0 spiro atoms. The Hall–Kier alpha value is -0.900. The number of benzene rings is 1. The van der Waals surface area contributed by atoms with Crippen molar-refractivity contribution < 1.29 is 5.11 Å². The molecule has 0 bridgehead atoms. The molecule has 0 aromatic heterocycles. The highest BCUT2D eigenvalue weighted by Gasteiger charge is 2.32. The standard InChI is InChI=1S/C18H30N2O/c1-15(2)19-18(14-21,17-7-5-4-6-8-17)11-12-20(3)13-16-9-10-16/h4-8,15-16,19,21H,9-14H2,1-3H3. The first-order valence-electron chi connectivity index (χ1n) is 8.18. The Kier molecular flexibility index (Phi) is 5.80. The lowest BCUT2D eigenvalue weighted by molar-refractivity contribution is 0.127. The van der Waals surface area contributed by atoms with Crippen molar-refractivity contribution in [3.63, 3.8) is 0 Å². The maximum absolute atomic E-state index is 10.1. The second-order valence-electron chi connectivity index (χ2n) is 6.86. The lowest BCUT2D eigenvalue weighted by Crippen LogP contribution is -2.50. The molecule has 2 rings (SSSR count). The number of hydrogen-bond acceptors (Lipinski definition) is 3. The maximum atomic E-state index is 10.1. The molecule has 0 heterocycles. The van der Waals surface area contributed by atoms with Crippen molar-refractivity contribution >= 4 is 0 Å². The second kappa shape index (κ2) is 7.39. The van der Waals surface area contributed by atoms with Crippen molar-refractivity contribution in [2.45, 2.75) is 44.7 Å². The van der Waals surface area contributed by atoms with Gasteiger partial charge in [-0.3, -0.25) is 0 Å². The first-order valence-corrected chi connectivity index (χ1v) is 8.18. The Morgan fingerprint density at radius 3 is 2.48 bits per heavy atom. The van der Waals surface area contributed by atoms with Crippen molar-refractivity contribution in [2.75, 3.05) is 26.7 Å². The molecule has 2 N–H and O–H groups in total. The molecule has 1 aliphatic carbocycles. The Bertz CT molecular complexity index is 416. The minimum atomic E-state index is -0.340. The van der Waals surface area contributed by atoms with Crippen molar-refractivity contribution in [3.05, 3.63) is 35.9 Å². The van der Waals surface area contributed by atoms with E-state index in [-0.39, 0.29) is 12.1 Å². The predicted octanol–water partition coefficient (Wildman–Crippen LogP) is 2.60. The van der Waals surface area contributed by atoms with E-state index in [0.717, 1.165) is 18.9 Å². The molecule has 3 nitrogen and oxygen atoms in total. The molecule has 118 valence electrons. The van der Waals surface area contributed by atoms with E-state index in [0.29, 0.717) is 6.04 Å². The zero-order chi connectivity index (χ0) is 15.3. The summed E-state index contributed by atoms with van der Waals surface area (Å²) in [7, 11) is 2.20. The van der Waals surface area contributed by atoms with Crippen LogP contribution in [-0.2, 0) is 5.54 Å². The Morgan fingerprint density at radius 2 is 1.95 bits per heavy atom. The summed E-state index contributed by atoms with van der Waals surface area (Å²) in [4.78, 5) is 2.41. The summed E-state index contributed by atoms with van der Waals surface area (Å²) in [6, 6.07) is 10.7. The van der Waals surface area contributed by atoms with Crippen LogP contribution < -0.4 is 5.32 Å². The molecular formula is C18H30N2O. The summed E-state index contributed by atoms with van der Waals surface area (Å²) in [5, 5.41) is 13.7. The molecule has 0 radical (unpaired) electrons. The average Bonchev–Trinajstić information content (AvgIpc) is 3.28. The molecule has 1 aliphatic rings. The molecule has 1 atom stereocenters. The topological polar surface area (TPSA) is 35.5 Å². The van der Waals surface area contributed by atoms with Gasteiger partial charge in [-0.2, -0.15) is 0 Å². The van der Waals surface area contributed by atoms with Crippen LogP contribution in [0.15, 0.2) is 30.3 Å². The molecule has 1 aromatic carbocycles. The largest absolute Gasteiger partial charge is 0.394 e. The van der Waals surface area contributed by atoms with E-state index in [1.54, 1.807) is 0 Å². The fourth-order valence-electron chi connectivity index (χ4n) is 3.04. The van der Waals surface area contributed by atoms with Gasteiger partial charge in [-0.15, -0.1) is 0 Å². The zero-order valence-electron chi connectivity index (χ0n) is 13.7. The smallest absolute Gasteiger partial charge is 0.0683 e. The molecule has 1 unspecified atom stereocenters. The molecule has 1 fully saturated rings. The van der Waals surface area contributed by atoms with Crippen molar-refractivity contribution in [2.24, 2.45) is 5.92 Å². The first kappa shape index (κ1) is 16.5. The van der Waals surface area contributed by atoms with Crippen LogP contribution >= 0.6 is 0 Å². The molecule has 1 aromatic rings. The number of rotatable bonds is 9. The van der Waals surface area contributed by atoms with Gasteiger partial charge >= 0.3 is 0 Å². The molecule has 0 amide bonds. The third-order valence-electron chi connectivity index (χ3n) is 4.35. The van der Waals surface area contributed by atoms with Gasteiger partial charge < -0.3 is 15.3 Å². The predicted molar refractivity (Wildman–Crippen MR) is 88.3 cm³/mol. The van der Waals surface area contributed by atoms with Crippen molar-refractivity contribution in [1.29, 1.82) is 0 Å². The quantitative estimate of drug-likeness (QED) is 0.734. The van der Waals surface area contributed by atoms with Gasteiger partial charge in [0.25, 0.3) is 0 Å². The van der Waals surface area contributed by atoms with E-state index in [1.165, 1.54) is 24.9 Å². The van der Waals surface area contributed by atoms with Crippen LogP contribution in [0.1, 0.15) is 38.7 Å². The first-order chi connectivity index (χ1) is 10.1. The number of aliphatic hydroxyl groups is 1. The van der Waals surface area contributed by atoms with Crippen LogP contribution in [0.25, 0.3) is 0 Å². The van der Waals surface area contributed by atoms with E-state index in [2.05, 4.69) is 55.4 Å². The van der Waals surface area contributed by atoms with Gasteiger partial charge in [-0.1, -0.05) is 30.3 Å². The average molecular weight is 290 g/mol. The van der Waals surface area contributed by atoms with Crippen LogP contribution in [0.4, 0.5) is 0 Å².